The molecule has 7 atom stereocenters. The molecular formula is C55H101NO10. The predicted molar refractivity (Wildman–Crippen MR) is 269 cm³/mol. The van der Waals surface area contributed by atoms with Crippen LogP contribution >= 0.6 is 0 Å². The van der Waals surface area contributed by atoms with Crippen LogP contribution in [0, 0.1) is 0 Å². The molecule has 0 spiro atoms. The van der Waals surface area contributed by atoms with Crippen molar-refractivity contribution >= 4 is 11.9 Å². The Balaban J connectivity index is 2.25. The molecule has 1 heterocycles. The molecule has 1 saturated heterocycles. The van der Waals surface area contributed by atoms with Gasteiger partial charge in [0, 0.05) is 12.8 Å². The van der Waals surface area contributed by atoms with Crippen LogP contribution in [-0.2, 0) is 23.8 Å². The molecule has 0 aromatic rings. The first kappa shape index (κ1) is 61.9. The van der Waals surface area contributed by atoms with E-state index in [4.69, 9.17) is 14.2 Å². The molecule has 0 aromatic carbocycles. The fourth-order valence-electron chi connectivity index (χ4n) is 8.33. The molecule has 1 aliphatic rings. The summed E-state index contributed by atoms with van der Waals surface area (Å²) in [6.45, 7) is 4.23. The highest BCUT2D eigenvalue weighted by Gasteiger charge is 2.44. The smallest absolute Gasteiger partial charge is 0.305 e. The van der Waals surface area contributed by atoms with E-state index < -0.39 is 49.5 Å². The summed E-state index contributed by atoms with van der Waals surface area (Å²) >= 11 is 0. The van der Waals surface area contributed by atoms with Gasteiger partial charge in [0.15, 0.2) is 6.29 Å². The molecule has 1 rings (SSSR count). The minimum absolute atomic E-state index is 0.0485. The number of aliphatic hydroxyl groups excluding tert-OH is 5. The van der Waals surface area contributed by atoms with Crippen molar-refractivity contribution in [1.82, 2.24) is 5.32 Å². The average molecular weight is 936 g/mol. The second-order valence-corrected chi connectivity index (χ2v) is 18.9. The molecule has 0 aliphatic carbocycles. The number of amides is 1. The van der Waals surface area contributed by atoms with Crippen LogP contribution in [-0.4, -0.2) is 100 Å². The molecule has 1 fully saturated rings. The molecule has 386 valence electrons. The van der Waals surface area contributed by atoms with E-state index in [2.05, 4.69) is 43.5 Å². The van der Waals surface area contributed by atoms with Crippen molar-refractivity contribution in [3.8, 4) is 0 Å². The molecule has 7 unspecified atom stereocenters. The summed E-state index contributed by atoms with van der Waals surface area (Å²) in [6, 6.07) is -0.846. The van der Waals surface area contributed by atoms with Gasteiger partial charge in [0.2, 0.25) is 5.91 Å². The highest BCUT2D eigenvalue weighted by atomic mass is 16.7. The van der Waals surface area contributed by atoms with E-state index in [1.54, 1.807) is 6.08 Å². The second-order valence-electron chi connectivity index (χ2n) is 18.9. The number of ether oxygens (including phenoxy) is 3. The monoisotopic (exact) mass is 936 g/mol. The minimum Gasteiger partial charge on any atom is -0.466 e. The Morgan fingerprint density at radius 3 is 1.50 bits per heavy atom. The van der Waals surface area contributed by atoms with Crippen molar-refractivity contribution < 1.29 is 49.3 Å². The Kier molecular flexibility index (Phi) is 42.5. The van der Waals surface area contributed by atoms with Gasteiger partial charge in [0.1, 0.15) is 24.4 Å². The Morgan fingerprint density at radius 1 is 0.545 bits per heavy atom. The maximum atomic E-state index is 13.0. The fourth-order valence-corrected chi connectivity index (χ4v) is 8.33. The highest BCUT2D eigenvalue weighted by Crippen LogP contribution is 2.23. The van der Waals surface area contributed by atoms with E-state index >= 15 is 0 Å². The van der Waals surface area contributed by atoms with Gasteiger partial charge in [-0.25, -0.2) is 0 Å². The normalized spacial score (nSPS) is 19.9. The van der Waals surface area contributed by atoms with Gasteiger partial charge in [-0.3, -0.25) is 9.59 Å². The number of rotatable bonds is 46. The van der Waals surface area contributed by atoms with Crippen LogP contribution in [0.15, 0.2) is 36.5 Å². The lowest BCUT2D eigenvalue weighted by Crippen LogP contribution is -2.60. The summed E-state index contributed by atoms with van der Waals surface area (Å²) in [6.07, 6.45) is 43.6. The van der Waals surface area contributed by atoms with Gasteiger partial charge >= 0.3 is 5.97 Å². The first-order valence-corrected chi connectivity index (χ1v) is 27.3. The molecule has 0 aromatic heterocycles. The summed E-state index contributed by atoms with van der Waals surface area (Å²) in [4.78, 5) is 25.0. The quantitative estimate of drug-likeness (QED) is 0.0196. The number of carbonyl (C=O) groups is 2. The van der Waals surface area contributed by atoms with Crippen molar-refractivity contribution in [2.24, 2.45) is 0 Å². The summed E-state index contributed by atoms with van der Waals surface area (Å²) < 4.78 is 16.6. The second kappa shape index (κ2) is 45.3. The predicted octanol–water partition coefficient (Wildman–Crippen LogP) is 11.6. The van der Waals surface area contributed by atoms with E-state index in [0.29, 0.717) is 25.9 Å². The first-order chi connectivity index (χ1) is 32.2. The maximum absolute atomic E-state index is 13.0. The molecule has 0 saturated carbocycles. The average Bonchev–Trinajstić information content (AvgIpc) is 3.31. The van der Waals surface area contributed by atoms with Crippen LogP contribution in [0.1, 0.15) is 239 Å². The van der Waals surface area contributed by atoms with Gasteiger partial charge in [-0.15, -0.1) is 0 Å². The molecule has 6 N–H and O–H groups in total. The molecule has 1 aliphatic heterocycles. The van der Waals surface area contributed by atoms with E-state index in [1.165, 1.54) is 116 Å². The standard InChI is InChI=1S/C55H101NO10/c1-3-5-7-9-11-13-15-16-17-18-22-25-29-33-37-41-48(58)47(46-65-55-54(63)53(62)52(61)49(45-57)66-55)56-50(59)42-38-34-30-26-23-19-20-24-28-32-36-40-44-64-51(60)43-39-35-31-27-21-14-12-10-8-6-4-2/h20,22,24-25,37,41,47-49,52-55,57-58,61-63H,3-19,21,23,26-36,38-40,42-46H2,1-2H3,(H,56,59)/b24-20-,25-22+,41-37+. The maximum Gasteiger partial charge on any atom is 0.305 e. The van der Waals surface area contributed by atoms with Gasteiger partial charge in [-0.1, -0.05) is 185 Å². The summed E-state index contributed by atoms with van der Waals surface area (Å²) in [5.41, 5.74) is 0. The summed E-state index contributed by atoms with van der Waals surface area (Å²) in [5, 5.41) is 54.3. The third-order valence-electron chi connectivity index (χ3n) is 12.7. The van der Waals surface area contributed by atoms with Crippen molar-refractivity contribution in [2.45, 2.75) is 281 Å². The van der Waals surface area contributed by atoms with E-state index in [9.17, 15) is 35.1 Å². The van der Waals surface area contributed by atoms with Crippen molar-refractivity contribution in [3.63, 3.8) is 0 Å². The van der Waals surface area contributed by atoms with E-state index in [-0.39, 0.29) is 18.5 Å². The van der Waals surface area contributed by atoms with E-state index in [1.807, 2.05) is 6.08 Å². The molecule has 1 amide bonds. The van der Waals surface area contributed by atoms with Crippen LogP contribution in [0.2, 0.25) is 0 Å². The van der Waals surface area contributed by atoms with Crippen LogP contribution in [0.3, 0.4) is 0 Å². The Morgan fingerprint density at radius 2 is 0.985 bits per heavy atom. The van der Waals surface area contributed by atoms with Crippen LogP contribution in [0.4, 0.5) is 0 Å². The largest absolute Gasteiger partial charge is 0.466 e. The number of allylic oxidation sites excluding steroid dienone is 5. The van der Waals surface area contributed by atoms with Crippen LogP contribution in [0.5, 0.6) is 0 Å². The van der Waals surface area contributed by atoms with Gasteiger partial charge in [-0.05, 0) is 77.0 Å². The van der Waals surface area contributed by atoms with Crippen molar-refractivity contribution in [3.05, 3.63) is 36.5 Å². The van der Waals surface area contributed by atoms with Crippen molar-refractivity contribution in [2.75, 3.05) is 19.8 Å². The summed E-state index contributed by atoms with van der Waals surface area (Å²) in [5.74, 6) is -0.266. The topological polar surface area (TPSA) is 175 Å². The van der Waals surface area contributed by atoms with Gasteiger partial charge < -0.3 is 45.1 Å². The number of aliphatic hydroxyl groups is 5. The number of esters is 1. The van der Waals surface area contributed by atoms with Crippen LogP contribution < -0.4 is 5.32 Å². The molecule has 66 heavy (non-hydrogen) atoms. The Labute approximate surface area is 403 Å². The minimum atomic E-state index is -1.59. The molecule has 11 nitrogen and oxygen atoms in total. The molecule has 11 heteroatoms. The number of hydrogen-bond acceptors (Lipinski definition) is 10. The highest BCUT2D eigenvalue weighted by molar-refractivity contribution is 5.76. The Bertz CT molecular complexity index is 1190. The zero-order valence-electron chi connectivity index (χ0n) is 42.2. The third-order valence-corrected chi connectivity index (χ3v) is 12.7. The lowest BCUT2D eigenvalue weighted by atomic mass is 9.99. The third kappa shape index (κ3) is 35.1. The number of unbranched alkanes of at least 4 members (excludes halogenated alkanes) is 28. The van der Waals surface area contributed by atoms with Gasteiger partial charge in [0.25, 0.3) is 0 Å². The zero-order valence-corrected chi connectivity index (χ0v) is 42.2. The summed E-state index contributed by atoms with van der Waals surface area (Å²) in [7, 11) is 0. The number of carbonyl (C=O) groups excluding carboxylic acids is 2. The lowest BCUT2D eigenvalue weighted by molar-refractivity contribution is -0.302. The Hall–Kier alpha value is -2.12. The van der Waals surface area contributed by atoms with Gasteiger partial charge in [0.05, 0.1) is 32.0 Å². The van der Waals surface area contributed by atoms with Gasteiger partial charge in [-0.2, -0.15) is 0 Å². The molecule has 0 bridgehead atoms. The lowest BCUT2D eigenvalue weighted by Gasteiger charge is -2.40. The van der Waals surface area contributed by atoms with E-state index in [0.717, 1.165) is 89.9 Å². The zero-order chi connectivity index (χ0) is 48.1. The number of nitrogens with one attached hydrogen (secondary N) is 1. The van der Waals surface area contributed by atoms with Crippen molar-refractivity contribution in [1.29, 1.82) is 0 Å². The van der Waals surface area contributed by atoms with Crippen LogP contribution in [0.25, 0.3) is 0 Å². The molecular weight excluding hydrogens is 835 g/mol. The SMILES string of the molecule is CCCCCCCCCCC/C=C/CC/C=C/C(O)C(COC1OC(CO)C(O)C(O)C1O)NC(=O)CCCCCCC/C=C\CCCCCOC(=O)CCCCCCCCCCCCC. The fraction of sp³-hybridized carbons (Fsp3) is 0.855. The first-order valence-electron chi connectivity index (χ1n) is 27.3. The molecule has 0 radical (unpaired) electrons. The number of hydrogen-bond donors (Lipinski definition) is 6.